The zero-order valence-corrected chi connectivity index (χ0v) is 25.4. The first-order valence-corrected chi connectivity index (χ1v) is 15.5. The first-order chi connectivity index (χ1) is 19.0. The summed E-state index contributed by atoms with van der Waals surface area (Å²) in [5.74, 6) is -0.552. The predicted molar refractivity (Wildman–Crippen MR) is 156 cm³/mol. The molecule has 1 saturated heterocycles. The minimum atomic E-state index is -0.985. The van der Waals surface area contributed by atoms with Gasteiger partial charge in [0.15, 0.2) is 11.5 Å². The molecule has 0 bridgehead atoms. The number of piperidine rings is 1. The number of nitrogens with zero attached hydrogens (tertiary/aromatic N) is 2. The SMILES string of the molecule is CSc1cc(C)[nH]c(=O)c1CNC(=O)c1cc(Cl)c2c(c1C)O[C@](C)(C1CCN(C(=O)c3csc(C)n3)CC1)O2. The van der Waals surface area contributed by atoms with Gasteiger partial charge in [0.1, 0.15) is 5.69 Å². The van der Waals surface area contributed by atoms with Crippen molar-refractivity contribution in [3.05, 3.63) is 66.0 Å². The van der Waals surface area contributed by atoms with Crippen LogP contribution in [0.15, 0.2) is 27.2 Å². The first kappa shape index (κ1) is 28.5. The third-order valence-corrected chi connectivity index (χ3v) is 9.39. The van der Waals surface area contributed by atoms with Crippen LogP contribution in [-0.2, 0) is 6.54 Å². The van der Waals surface area contributed by atoms with Gasteiger partial charge in [-0.2, -0.15) is 0 Å². The average Bonchev–Trinajstić information content (AvgIpc) is 3.53. The molecule has 0 unspecified atom stereocenters. The lowest BCUT2D eigenvalue weighted by molar-refractivity contribution is -0.123. The number of rotatable bonds is 6. The number of H-pyrrole nitrogens is 1. The van der Waals surface area contributed by atoms with E-state index in [9.17, 15) is 14.4 Å². The standard InChI is InChI=1S/C28H31ClN4O5S2/c1-14-10-22(39-5)19(26(35)31-14)12-30-25(34)18-11-20(29)24-23(15(18)2)37-28(4,38-24)17-6-8-33(9-7-17)27(36)21-13-40-16(3)32-21/h10-11,13,17H,6-9,12H2,1-5H3,(H,30,34)(H,31,35)/t28-/m0/s1. The molecule has 2 aromatic heterocycles. The van der Waals surface area contributed by atoms with Gasteiger partial charge in [0.25, 0.3) is 23.2 Å². The number of carbonyl (C=O) groups excluding carboxylic acids is 2. The molecule has 1 atom stereocenters. The Bertz CT molecular complexity index is 1550. The molecule has 4 heterocycles. The summed E-state index contributed by atoms with van der Waals surface area (Å²) >= 11 is 9.52. The highest BCUT2D eigenvalue weighted by atomic mass is 35.5. The summed E-state index contributed by atoms with van der Waals surface area (Å²) in [5, 5.41) is 5.79. The molecule has 2 aliphatic heterocycles. The molecule has 3 aromatic rings. The number of fused-ring (bicyclic) bond motifs is 1. The maximum absolute atomic E-state index is 13.2. The molecular weight excluding hydrogens is 572 g/mol. The number of nitrogens with one attached hydrogen (secondary N) is 2. The first-order valence-electron chi connectivity index (χ1n) is 13.0. The predicted octanol–water partition coefficient (Wildman–Crippen LogP) is 5.10. The number of pyridine rings is 1. The summed E-state index contributed by atoms with van der Waals surface area (Å²) in [6.45, 7) is 8.58. The van der Waals surface area contributed by atoms with Crippen molar-refractivity contribution in [2.24, 2.45) is 5.92 Å². The van der Waals surface area contributed by atoms with Gasteiger partial charge in [-0.05, 0) is 52.0 Å². The molecule has 40 heavy (non-hydrogen) atoms. The van der Waals surface area contributed by atoms with Crippen molar-refractivity contribution >= 4 is 46.5 Å². The Morgan fingerprint density at radius 2 is 1.93 bits per heavy atom. The third-order valence-electron chi connectivity index (χ3n) is 7.53. The molecule has 2 N–H and O–H groups in total. The number of hydrogen-bond acceptors (Lipinski definition) is 8. The normalized spacial score (nSPS) is 18.7. The quantitative estimate of drug-likeness (QED) is 0.377. The van der Waals surface area contributed by atoms with Crippen LogP contribution in [0.25, 0.3) is 0 Å². The number of amides is 2. The highest BCUT2D eigenvalue weighted by Gasteiger charge is 2.47. The second-order valence-electron chi connectivity index (χ2n) is 10.2. The number of hydrogen-bond donors (Lipinski definition) is 2. The highest BCUT2D eigenvalue weighted by Crippen LogP contribution is 2.51. The maximum atomic E-state index is 13.2. The Hall–Kier alpha value is -3.02. The van der Waals surface area contributed by atoms with Crippen LogP contribution < -0.4 is 20.3 Å². The Labute approximate surface area is 245 Å². The minimum absolute atomic E-state index is 0.00657. The second kappa shape index (κ2) is 11.1. The lowest BCUT2D eigenvalue weighted by Gasteiger charge is -2.38. The fraction of sp³-hybridized carbons (Fsp3) is 0.429. The van der Waals surface area contributed by atoms with E-state index in [2.05, 4.69) is 15.3 Å². The van der Waals surface area contributed by atoms with Gasteiger partial charge in [-0.3, -0.25) is 14.4 Å². The number of aryl methyl sites for hydroxylation is 2. The van der Waals surface area contributed by atoms with Crippen molar-refractivity contribution in [1.82, 2.24) is 20.2 Å². The van der Waals surface area contributed by atoms with Crippen LogP contribution in [0.3, 0.4) is 0 Å². The third kappa shape index (κ3) is 5.34. The van der Waals surface area contributed by atoms with Gasteiger partial charge in [-0.1, -0.05) is 11.6 Å². The van der Waals surface area contributed by atoms with E-state index in [1.807, 2.05) is 38.0 Å². The van der Waals surface area contributed by atoms with Gasteiger partial charge >= 0.3 is 0 Å². The second-order valence-corrected chi connectivity index (χ2v) is 12.6. The highest BCUT2D eigenvalue weighted by molar-refractivity contribution is 7.98. The minimum Gasteiger partial charge on any atom is -0.448 e. The Morgan fingerprint density at radius 3 is 2.58 bits per heavy atom. The number of halogens is 1. The summed E-state index contributed by atoms with van der Waals surface area (Å²) in [7, 11) is 0. The summed E-state index contributed by atoms with van der Waals surface area (Å²) in [5.41, 5.74) is 2.48. The van der Waals surface area contributed by atoms with Crippen molar-refractivity contribution in [3.63, 3.8) is 0 Å². The van der Waals surface area contributed by atoms with Crippen molar-refractivity contribution in [2.45, 2.75) is 57.8 Å². The van der Waals surface area contributed by atoms with Gasteiger partial charge in [-0.15, -0.1) is 23.1 Å². The van der Waals surface area contributed by atoms with E-state index in [4.69, 9.17) is 21.1 Å². The van der Waals surface area contributed by atoms with Gasteiger partial charge in [0.05, 0.1) is 10.0 Å². The molecule has 5 rings (SSSR count). The summed E-state index contributed by atoms with van der Waals surface area (Å²) < 4.78 is 12.7. The number of ether oxygens (including phenoxy) is 2. The zero-order valence-electron chi connectivity index (χ0n) is 23.0. The topological polar surface area (TPSA) is 114 Å². The number of likely N-dealkylation sites (tertiary alicyclic amines) is 1. The Balaban J connectivity index is 1.28. The number of aromatic amines is 1. The van der Waals surface area contributed by atoms with Gasteiger partial charge < -0.3 is 24.7 Å². The van der Waals surface area contributed by atoms with E-state index in [-0.39, 0.29) is 34.9 Å². The number of thiazole rings is 1. The van der Waals surface area contributed by atoms with Crippen molar-refractivity contribution < 1.29 is 19.1 Å². The Morgan fingerprint density at radius 1 is 1.23 bits per heavy atom. The van der Waals surface area contributed by atoms with Crippen LogP contribution in [0.1, 0.15) is 62.4 Å². The summed E-state index contributed by atoms with van der Waals surface area (Å²) in [6, 6.07) is 3.46. The molecule has 1 fully saturated rings. The van der Waals surface area contributed by atoms with E-state index in [1.165, 1.54) is 23.1 Å². The summed E-state index contributed by atoms with van der Waals surface area (Å²) in [4.78, 5) is 48.3. The molecule has 0 saturated carbocycles. The van der Waals surface area contributed by atoms with E-state index < -0.39 is 5.79 Å². The van der Waals surface area contributed by atoms with Crippen LogP contribution in [0, 0.1) is 26.7 Å². The monoisotopic (exact) mass is 602 g/mol. The molecule has 12 heteroatoms. The van der Waals surface area contributed by atoms with Crippen LogP contribution in [0.2, 0.25) is 5.02 Å². The maximum Gasteiger partial charge on any atom is 0.273 e. The molecule has 0 spiro atoms. The number of benzene rings is 1. The molecule has 212 valence electrons. The molecule has 1 aromatic carbocycles. The van der Waals surface area contributed by atoms with Crippen molar-refractivity contribution in [2.75, 3.05) is 19.3 Å². The number of carbonyl (C=O) groups is 2. The lowest BCUT2D eigenvalue weighted by Crippen LogP contribution is -2.49. The van der Waals surface area contributed by atoms with E-state index in [1.54, 1.807) is 18.4 Å². The molecule has 0 aliphatic carbocycles. The van der Waals surface area contributed by atoms with Gasteiger partial charge in [0, 0.05) is 65.1 Å². The van der Waals surface area contributed by atoms with E-state index in [0.29, 0.717) is 59.8 Å². The molecule has 2 aliphatic rings. The summed E-state index contributed by atoms with van der Waals surface area (Å²) in [6.07, 6.45) is 3.26. The van der Waals surface area contributed by atoms with E-state index >= 15 is 0 Å². The zero-order chi connectivity index (χ0) is 28.8. The smallest absolute Gasteiger partial charge is 0.273 e. The van der Waals surface area contributed by atoms with Gasteiger partial charge in [-0.25, -0.2) is 4.98 Å². The van der Waals surface area contributed by atoms with Crippen LogP contribution in [0.4, 0.5) is 0 Å². The van der Waals surface area contributed by atoms with E-state index in [0.717, 1.165) is 15.6 Å². The van der Waals surface area contributed by atoms with Crippen LogP contribution in [0.5, 0.6) is 11.5 Å². The molecule has 9 nitrogen and oxygen atoms in total. The van der Waals surface area contributed by atoms with Gasteiger partial charge in [0.2, 0.25) is 0 Å². The molecule has 0 radical (unpaired) electrons. The fourth-order valence-corrected chi connectivity index (χ4v) is 6.80. The molecular formula is C28H31ClN4O5S2. The Kier molecular flexibility index (Phi) is 7.91. The van der Waals surface area contributed by atoms with Crippen LogP contribution >= 0.6 is 34.7 Å². The largest absolute Gasteiger partial charge is 0.448 e. The molecule has 2 amide bonds. The fourth-order valence-electron chi connectivity index (χ4n) is 5.28. The van der Waals surface area contributed by atoms with Crippen molar-refractivity contribution in [1.29, 1.82) is 0 Å². The van der Waals surface area contributed by atoms with Crippen molar-refractivity contribution in [3.8, 4) is 11.5 Å². The number of thioether (sulfide) groups is 1. The number of aromatic nitrogens is 2. The average molecular weight is 603 g/mol. The van der Waals surface area contributed by atoms with Crippen LogP contribution in [-0.4, -0.2) is 51.8 Å². The lowest BCUT2D eigenvalue weighted by atomic mass is 9.89.